The van der Waals surface area contributed by atoms with Crippen molar-refractivity contribution in [3.8, 4) is 0 Å². The van der Waals surface area contributed by atoms with Gasteiger partial charge in [-0.1, -0.05) is 36.4 Å². The highest BCUT2D eigenvalue weighted by Crippen LogP contribution is 2.55. The first-order valence-electron chi connectivity index (χ1n) is 13.4. The maximum absolute atomic E-state index is 6.93. The third-order valence-corrected chi connectivity index (χ3v) is 10.1. The van der Waals surface area contributed by atoms with Crippen LogP contribution in [0.5, 0.6) is 0 Å². The molecule has 0 amide bonds. The number of nitrogens with one attached hydrogen (secondary N) is 1. The normalized spacial score (nSPS) is 21.4. The molecular weight excluding hydrogens is 492 g/mol. The Morgan fingerprint density at radius 1 is 1.05 bits per heavy atom. The number of hydrogen-bond acceptors (Lipinski definition) is 7. The number of fused-ring (bicyclic) bond motifs is 4. The molecule has 1 saturated carbocycles. The van der Waals surface area contributed by atoms with Gasteiger partial charge in [0, 0.05) is 29.4 Å². The number of H-pyrrole nitrogens is 1. The van der Waals surface area contributed by atoms with Gasteiger partial charge in [-0.3, -0.25) is 9.50 Å². The number of nitrogens with zero attached hydrogens (tertiary/aromatic N) is 6. The Hall–Kier alpha value is -3.43. The Balaban J connectivity index is 1.13. The van der Waals surface area contributed by atoms with Gasteiger partial charge in [-0.25, -0.2) is 0 Å². The van der Waals surface area contributed by atoms with Crippen LogP contribution in [0.1, 0.15) is 54.1 Å². The third kappa shape index (κ3) is 3.09. The van der Waals surface area contributed by atoms with E-state index in [-0.39, 0.29) is 16.9 Å². The number of benzene rings is 2. The highest BCUT2D eigenvalue weighted by Gasteiger charge is 2.50. The van der Waals surface area contributed by atoms with E-state index in [0.29, 0.717) is 0 Å². The molecule has 3 N–H and O–H groups in total. The van der Waals surface area contributed by atoms with Crippen molar-refractivity contribution in [2.45, 2.75) is 48.5 Å². The first-order valence-corrected chi connectivity index (χ1v) is 14.7. The molecule has 0 unspecified atom stereocenters. The summed E-state index contributed by atoms with van der Waals surface area (Å²) < 4.78 is 2.05. The average Bonchev–Trinajstić information content (AvgIpc) is 3.29. The van der Waals surface area contributed by atoms with E-state index >= 15 is 0 Å². The summed E-state index contributed by atoms with van der Waals surface area (Å²) in [5.41, 5.74) is 13.7. The number of aromatic nitrogens is 6. The molecule has 2 fully saturated rings. The van der Waals surface area contributed by atoms with E-state index < -0.39 is 0 Å². The summed E-state index contributed by atoms with van der Waals surface area (Å²) in [5, 5.41) is 17.9. The van der Waals surface area contributed by atoms with Crippen molar-refractivity contribution in [2.24, 2.45) is 11.1 Å². The second-order valence-electron chi connectivity index (χ2n) is 11.2. The van der Waals surface area contributed by atoms with E-state index in [9.17, 15) is 0 Å². The number of aromatic amines is 1. The lowest BCUT2D eigenvalue weighted by molar-refractivity contribution is 0.187. The number of piperidine rings is 1. The van der Waals surface area contributed by atoms with Gasteiger partial charge in [0.05, 0.1) is 11.1 Å². The zero-order valence-electron chi connectivity index (χ0n) is 21.4. The largest absolute Gasteiger partial charge is 0.342 e. The summed E-state index contributed by atoms with van der Waals surface area (Å²) in [6.45, 7) is 1.80. The van der Waals surface area contributed by atoms with Crippen molar-refractivity contribution >= 4 is 34.4 Å². The minimum atomic E-state index is -0.0730. The molecule has 5 aromatic rings. The van der Waals surface area contributed by atoms with E-state index in [1.54, 1.807) is 18.1 Å². The molecule has 4 heterocycles. The van der Waals surface area contributed by atoms with E-state index in [4.69, 9.17) is 15.8 Å². The molecule has 8 nitrogen and oxygen atoms in total. The lowest BCUT2D eigenvalue weighted by atomic mass is 9.73. The highest BCUT2D eigenvalue weighted by atomic mass is 32.2. The van der Waals surface area contributed by atoms with Gasteiger partial charge in [-0.2, -0.15) is 10.1 Å². The lowest BCUT2D eigenvalue weighted by Crippen LogP contribution is -2.45. The molecule has 2 aliphatic carbocycles. The van der Waals surface area contributed by atoms with E-state index in [1.165, 1.54) is 21.6 Å². The number of thioether (sulfide) groups is 1. The van der Waals surface area contributed by atoms with Crippen LogP contribution in [0.4, 0.5) is 5.95 Å². The van der Waals surface area contributed by atoms with Crippen molar-refractivity contribution in [3.63, 3.8) is 0 Å². The molecule has 9 heteroatoms. The summed E-state index contributed by atoms with van der Waals surface area (Å²) in [6, 6.07) is 17.6. The first-order chi connectivity index (χ1) is 18.6. The van der Waals surface area contributed by atoms with Crippen molar-refractivity contribution < 1.29 is 0 Å². The minimum absolute atomic E-state index is 0.0730. The Labute approximate surface area is 225 Å². The summed E-state index contributed by atoms with van der Waals surface area (Å²) in [7, 11) is 0. The summed E-state index contributed by atoms with van der Waals surface area (Å²) in [5.74, 6) is 0.876. The summed E-state index contributed by atoms with van der Waals surface area (Å²) in [4.78, 5) is 8.77. The maximum Gasteiger partial charge on any atom is 0.214 e. The fraction of sp³-hybridized carbons (Fsp3) is 0.379. The highest BCUT2D eigenvalue weighted by molar-refractivity contribution is 7.98. The zero-order valence-corrected chi connectivity index (χ0v) is 22.2. The molecule has 1 atom stereocenters. The fourth-order valence-electron chi connectivity index (χ4n) is 7.05. The Kier molecular flexibility index (Phi) is 4.77. The van der Waals surface area contributed by atoms with Crippen LogP contribution in [-0.2, 0) is 11.8 Å². The Morgan fingerprint density at radius 3 is 2.63 bits per heavy atom. The average molecular weight is 523 g/mol. The van der Waals surface area contributed by atoms with Gasteiger partial charge in [0.1, 0.15) is 6.33 Å². The molecule has 3 aromatic heterocycles. The fourth-order valence-corrected chi connectivity index (χ4v) is 7.50. The predicted molar refractivity (Wildman–Crippen MR) is 150 cm³/mol. The van der Waals surface area contributed by atoms with Crippen LogP contribution in [0.25, 0.3) is 16.7 Å². The lowest BCUT2D eigenvalue weighted by Gasteiger charge is -2.42. The molecule has 0 bridgehead atoms. The Morgan fingerprint density at radius 2 is 1.87 bits per heavy atom. The first kappa shape index (κ1) is 22.5. The molecular formula is C29H30N8S. The molecule has 1 spiro atoms. The van der Waals surface area contributed by atoms with Crippen molar-refractivity contribution in [1.82, 2.24) is 29.8 Å². The topological polar surface area (TPSA) is 101 Å². The van der Waals surface area contributed by atoms with Crippen LogP contribution >= 0.6 is 11.8 Å². The number of rotatable bonds is 4. The smallest absolute Gasteiger partial charge is 0.214 e. The van der Waals surface area contributed by atoms with Gasteiger partial charge in [-0.15, -0.1) is 22.0 Å². The van der Waals surface area contributed by atoms with Gasteiger partial charge < -0.3 is 10.6 Å². The molecule has 192 valence electrons. The van der Waals surface area contributed by atoms with Crippen LogP contribution < -0.4 is 10.6 Å². The maximum atomic E-state index is 6.93. The van der Waals surface area contributed by atoms with E-state index in [1.807, 2.05) is 0 Å². The number of anilines is 1. The van der Waals surface area contributed by atoms with Gasteiger partial charge in [0.2, 0.25) is 5.95 Å². The molecule has 8 rings (SSSR count). The zero-order chi connectivity index (χ0) is 25.5. The Bertz CT molecular complexity index is 1680. The minimum Gasteiger partial charge on any atom is -0.342 e. The van der Waals surface area contributed by atoms with E-state index in [2.05, 4.69) is 79.4 Å². The van der Waals surface area contributed by atoms with Crippen LogP contribution in [-0.4, -0.2) is 49.1 Å². The van der Waals surface area contributed by atoms with Gasteiger partial charge in [0.15, 0.2) is 11.3 Å². The second kappa shape index (κ2) is 8.04. The standard InChI is InChI=1S/C29H30N8S/c1-38-20-8-7-18-16-28(23(30)21(18)15-20)11-13-36(14-12-28)27-32-25-22(26-35-31-17-37(26)27)24(33-34-25)29(9-10-29)19-5-3-2-4-6-19/h2-8,15,17,23H,9-14,16,30H2,1H3,(H,33,34)/t23-/m1/s1. The van der Waals surface area contributed by atoms with E-state index in [0.717, 1.165) is 73.5 Å². The van der Waals surface area contributed by atoms with Crippen LogP contribution in [0.3, 0.4) is 0 Å². The molecule has 2 aromatic carbocycles. The quantitative estimate of drug-likeness (QED) is 0.332. The number of hydrogen-bond donors (Lipinski definition) is 2. The van der Waals surface area contributed by atoms with Gasteiger partial charge >= 0.3 is 0 Å². The van der Waals surface area contributed by atoms with Gasteiger partial charge in [0.25, 0.3) is 0 Å². The van der Waals surface area contributed by atoms with Crippen molar-refractivity contribution in [1.29, 1.82) is 0 Å². The second-order valence-corrected chi connectivity index (χ2v) is 12.1. The van der Waals surface area contributed by atoms with Gasteiger partial charge in [-0.05, 0) is 72.6 Å². The predicted octanol–water partition coefficient (Wildman–Crippen LogP) is 4.65. The molecule has 1 aliphatic heterocycles. The monoisotopic (exact) mass is 522 g/mol. The van der Waals surface area contributed by atoms with Crippen LogP contribution in [0.15, 0.2) is 59.8 Å². The molecule has 38 heavy (non-hydrogen) atoms. The molecule has 3 aliphatic rings. The third-order valence-electron chi connectivity index (χ3n) is 9.41. The number of nitrogens with two attached hydrogens (primary N) is 1. The molecule has 1 saturated heterocycles. The summed E-state index contributed by atoms with van der Waals surface area (Å²) >= 11 is 1.78. The van der Waals surface area contributed by atoms with Crippen LogP contribution in [0, 0.1) is 5.41 Å². The molecule has 0 radical (unpaired) electrons. The summed E-state index contributed by atoms with van der Waals surface area (Å²) in [6.07, 6.45) is 9.20. The van der Waals surface area contributed by atoms with Crippen molar-refractivity contribution in [3.05, 3.63) is 77.2 Å². The van der Waals surface area contributed by atoms with Crippen LogP contribution in [0.2, 0.25) is 0 Å². The SMILES string of the molecule is CSc1ccc2c(c1)[C@@H](N)C1(CCN(c3nc4[nH]nc(C5(c6ccccc6)CC5)c4c4nncn34)CC1)C2. The van der Waals surface area contributed by atoms with Crippen molar-refractivity contribution in [2.75, 3.05) is 24.2 Å².